The number of nitrogens with zero attached hydrogens (tertiary/aromatic N) is 6. The molecule has 0 fully saturated rings. The van der Waals surface area contributed by atoms with E-state index in [0.29, 0.717) is 24.5 Å². The van der Waals surface area contributed by atoms with Gasteiger partial charge in [0.05, 0.1) is 18.8 Å². The summed E-state index contributed by atoms with van der Waals surface area (Å²) in [5.41, 5.74) is 0.824. The Kier molecular flexibility index (Phi) is 3.42. The number of aromatic carboxylic acids is 1. The molecule has 0 saturated heterocycles. The van der Waals surface area contributed by atoms with Gasteiger partial charge < -0.3 is 5.11 Å². The van der Waals surface area contributed by atoms with E-state index < -0.39 is 5.97 Å². The predicted octanol–water partition coefficient (Wildman–Crippen LogP) is 0.935. The van der Waals surface area contributed by atoms with Crippen molar-refractivity contribution in [2.45, 2.75) is 13.1 Å². The normalized spacial score (nSPS) is 10.7. The first kappa shape index (κ1) is 13.0. The summed E-state index contributed by atoms with van der Waals surface area (Å²) in [4.78, 5) is 15.5. The number of aryl methyl sites for hydroxylation is 2. The lowest BCUT2D eigenvalue weighted by atomic mass is 10.2. The van der Waals surface area contributed by atoms with Crippen molar-refractivity contribution >= 4 is 5.97 Å². The Morgan fingerprint density at radius 3 is 2.76 bits per heavy atom. The molecule has 0 spiro atoms. The van der Waals surface area contributed by atoms with Gasteiger partial charge in [-0.25, -0.2) is 9.48 Å². The fourth-order valence-electron chi connectivity index (χ4n) is 2.00. The fraction of sp³-hybridized carbons (Fsp3) is 0.154. The number of hydrogen-bond donors (Lipinski definition) is 1. The minimum Gasteiger partial charge on any atom is -0.476 e. The number of carboxylic acid groups (broad SMARTS) is 1. The van der Waals surface area contributed by atoms with Gasteiger partial charge >= 0.3 is 5.97 Å². The zero-order valence-electron chi connectivity index (χ0n) is 11.0. The highest BCUT2D eigenvalue weighted by atomic mass is 16.4. The van der Waals surface area contributed by atoms with Crippen LogP contribution >= 0.6 is 0 Å². The third kappa shape index (κ3) is 2.64. The van der Waals surface area contributed by atoms with Crippen molar-refractivity contribution in [3.63, 3.8) is 0 Å². The second-order valence-corrected chi connectivity index (χ2v) is 4.30. The van der Waals surface area contributed by atoms with Crippen molar-refractivity contribution in [1.82, 2.24) is 29.8 Å². The van der Waals surface area contributed by atoms with Crippen LogP contribution in [-0.2, 0) is 13.1 Å². The molecule has 3 aromatic rings. The average molecular weight is 284 g/mol. The molecule has 3 rings (SSSR count). The molecule has 0 saturated carbocycles. The molecule has 3 heterocycles. The summed E-state index contributed by atoms with van der Waals surface area (Å²) in [6.07, 6.45) is 5.12. The van der Waals surface area contributed by atoms with Gasteiger partial charge in [-0.2, -0.15) is 5.10 Å². The largest absolute Gasteiger partial charge is 0.476 e. The SMILES string of the molecule is O=C(O)c1nnn(CCn2cccn2)c1-c1ccccn1. The van der Waals surface area contributed by atoms with Crippen molar-refractivity contribution in [3.8, 4) is 11.4 Å². The first-order valence-electron chi connectivity index (χ1n) is 6.31. The van der Waals surface area contributed by atoms with Gasteiger partial charge in [0.2, 0.25) is 0 Å². The van der Waals surface area contributed by atoms with E-state index in [1.165, 1.54) is 4.68 Å². The van der Waals surface area contributed by atoms with Crippen LogP contribution in [0.2, 0.25) is 0 Å². The van der Waals surface area contributed by atoms with Gasteiger partial charge in [-0.3, -0.25) is 9.67 Å². The summed E-state index contributed by atoms with van der Waals surface area (Å²) >= 11 is 0. The molecule has 0 radical (unpaired) electrons. The molecular weight excluding hydrogens is 272 g/mol. The number of carbonyl (C=O) groups is 1. The number of pyridine rings is 1. The van der Waals surface area contributed by atoms with Crippen LogP contribution in [0.25, 0.3) is 11.4 Å². The Balaban J connectivity index is 1.95. The molecule has 0 aliphatic heterocycles. The molecule has 21 heavy (non-hydrogen) atoms. The summed E-state index contributed by atoms with van der Waals surface area (Å²) < 4.78 is 3.28. The van der Waals surface area contributed by atoms with E-state index in [0.717, 1.165) is 0 Å². The van der Waals surface area contributed by atoms with Crippen LogP contribution in [0.3, 0.4) is 0 Å². The van der Waals surface area contributed by atoms with Gasteiger partial charge in [0, 0.05) is 18.6 Å². The topological polar surface area (TPSA) is 98.7 Å². The van der Waals surface area contributed by atoms with Gasteiger partial charge in [-0.15, -0.1) is 5.10 Å². The van der Waals surface area contributed by atoms with Crippen LogP contribution in [-0.4, -0.2) is 40.8 Å². The maximum absolute atomic E-state index is 11.3. The summed E-state index contributed by atoms with van der Waals surface area (Å²) in [5.74, 6) is -1.12. The molecule has 3 aromatic heterocycles. The van der Waals surface area contributed by atoms with E-state index in [2.05, 4.69) is 20.4 Å². The van der Waals surface area contributed by atoms with Crippen LogP contribution in [0.5, 0.6) is 0 Å². The molecule has 0 amide bonds. The molecule has 106 valence electrons. The number of hydrogen-bond acceptors (Lipinski definition) is 5. The Morgan fingerprint density at radius 1 is 1.19 bits per heavy atom. The minimum atomic E-state index is -1.12. The maximum atomic E-state index is 11.3. The Hall–Kier alpha value is -3.03. The molecule has 0 aliphatic carbocycles. The molecular formula is C13H12N6O2. The fourth-order valence-corrected chi connectivity index (χ4v) is 2.00. The Morgan fingerprint density at radius 2 is 2.10 bits per heavy atom. The second kappa shape index (κ2) is 5.53. The molecule has 0 aliphatic rings. The molecule has 0 bridgehead atoms. The standard InChI is InChI=1S/C13H12N6O2/c20-13(21)11-12(10-4-1-2-5-14-10)19(17-16-11)9-8-18-7-3-6-15-18/h1-7H,8-9H2,(H,20,21). The van der Waals surface area contributed by atoms with Gasteiger partial charge in [0.15, 0.2) is 5.69 Å². The molecule has 8 heteroatoms. The smallest absolute Gasteiger partial charge is 0.358 e. The summed E-state index contributed by atoms with van der Waals surface area (Å²) in [6, 6.07) is 7.11. The van der Waals surface area contributed by atoms with Gasteiger partial charge in [-0.05, 0) is 18.2 Å². The highest BCUT2D eigenvalue weighted by Crippen LogP contribution is 2.19. The van der Waals surface area contributed by atoms with Crippen molar-refractivity contribution in [1.29, 1.82) is 0 Å². The lowest BCUT2D eigenvalue weighted by molar-refractivity contribution is 0.0691. The lowest BCUT2D eigenvalue weighted by Gasteiger charge is -2.06. The van der Waals surface area contributed by atoms with Crippen molar-refractivity contribution in [2.24, 2.45) is 0 Å². The quantitative estimate of drug-likeness (QED) is 0.748. The zero-order valence-corrected chi connectivity index (χ0v) is 11.0. The molecule has 0 unspecified atom stereocenters. The van der Waals surface area contributed by atoms with E-state index >= 15 is 0 Å². The van der Waals surface area contributed by atoms with Gasteiger partial charge in [-0.1, -0.05) is 11.3 Å². The first-order valence-corrected chi connectivity index (χ1v) is 6.31. The van der Waals surface area contributed by atoms with Crippen molar-refractivity contribution in [2.75, 3.05) is 0 Å². The van der Waals surface area contributed by atoms with E-state index in [1.54, 1.807) is 35.3 Å². The first-order chi connectivity index (χ1) is 10.3. The molecule has 1 N–H and O–H groups in total. The zero-order chi connectivity index (χ0) is 14.7. The Labute approximate surface area is 119 Å². The maximum Gasteiger partial charge on any atom is 0.358 e. The van der Waals surface area contributed by atoms with Crippen LogP contribution in [0.1, 0.15) is 10.5 Å². The van der Waals surface area contributed by atoms with Crippen LogP contribution in [0.15, 0.2) is 42.9 Å². The second-order valence-electron chi connectivity index (χ2n) is 4.30. The third-order valence-corrected chi connectivity index (χ3v) is 2.95. The van der Waals surface area contributed by atoms with E-state index in [9.17, 15) is 9.90 Å². The lowest BCUT2D eigenvalue weighted by Crippen LogP contribution is -2.11. The summed E-state index contributed by atoms with van der Waals surface area (Å²) in [6.45, 7) is 1.02. The van der Waals surface area contributed by atoms with Crippen LogP contribution in [0.4, 0.5) is 0 Å². The number of rotatable bonds is 5. The Bertz CT molecular complexity index is 735. The van der Waals surface area contributed by atoms with Crippen LogP contribution < -0.4 is 0 Å². The van der Waals surface area contributed by atoms with E-state index in [-0.39, 0.29) is 5.69 Å². The summed E-state index contributed by atoms with van der Waals surface area (Å²) in [7, 11) is 0. The predicted molar refractivity (Wildman–Crippen MR) is 72.4 cm³/mol. The van der Waals surface area contributed by atoms with E-state index in [1.807, 2.05) is 12.3 Å². The average Bonchev–Trinajstić information content (AvgIpc) is 3.15. The number of carboxylic acids is 1. The minimum absolute atomic E-state index is 0.103. The van der Waals surface area contributed by atoms with E-state index in [4.69, 9.17) is 0 Å². The molecule has 0 atom stereocenters. The van der Waals surface area contributed by atoms with Crippen LogP contribution in [0, 0.1) is 0 Å². The highest BCUT2D eigenvalue weighted by Gasteiger charge is 2.21. The highest BCUT2D eigenvalue weighted by molar-refractivity contribution is 5.92. The van der Waals surface area contributed by atoms with Crippen molar-refractivity contribution < 1.29 is 9.90 Å². The molecule has 8 nitrogen and oxygen atoms in total. The van der Waals surface area contributed by atoms with Gasteiger partial charge in [0.1, 0.15) is 5.69 Å². The molecule has 0 aromatic carbocycles. The summed E-state index contributed by atoms with van der Waals surface area (Å²) in [5, 5.41) is 21.0. The van der Waals surface area contributed by atoms with Crippen molar-refractivity contribution in [3.05, 3.63) is 48.5 Å². The van der Waals surface area contributed by atoms with Gasteiger partial charge in [0.25, 0.3) is 0 Å². The third-order valence-electron chi connectivity index (χ3n) is 2.95. The monoisotopic (exact) mass is 284 g/mol. The number of aromatic nitrogens is 6.